The van der Waals surface area contributed by atoms with Gasteiger partial charge >= 0.3 is 0 Å². The highest BCUT2D eigenvalue weighted by molar-refractivity contribution is 7.80. The molecule has 0 aliphatic heterocycles. The van der Waals surface area contributed by atoms with Crippen molar-refractivity contribution in [2.75, 3.05) is 12.4 Å². The van der Waals surface area contributed by atoms with Crippen LogP contribution in [0.1, 0.15) is 38.2 Å². The Labute approximate surface area is 116 Å². The highest BCUT2D eigenvalue weighted by Gasteiger charge is 2.34. The summed E-state index contributed by atoms with van der Waals surface area (Å²) in [6.07, 6.45) is 7.12. The van der Waals surface area contributed by atoms with Crippen LogP contribution in [-0.2, 0) is 5.41 Å². The third-order valence-electron chi connectivity index (χ3n) is 4.37. The molecule has 0 aromatic heterocycles. The second-order valence-electron chi connectivity index (χ2n) is 5.52. The van der Waals surface area contributed by atoms with Crippen molar-refractivity contribution in [1.82, 2.24) is 0 Å². The van der Waals surface area contributed by atoms with E-state index in [-0.39, 0.29) is 5.41 Å². The molecule has 0 spiro atoms. The SMILES string of the molecule is C=CC1(c2cc(S)ccc2NC)CCC(C)CC1. The first-order valence-corrected chi connectivity index (χ1v) is 7.21. The minimum atomic E-state index is 0.129. The molecule has 0 unspecified atom stereocenters. The Hall–Kier alpha value is -0.890. The number of anilines is 1. The number of rotatable bonds is 3. The zero-order valence-electron chi connectivity index (χ0n) is 11.4. The number of benzene rings is 1. The molecule has 1 aromatic rings. The lowest BCUT2D eigenvalue weighted by atomic mass is 9.66. The summed E-state index contributed by atoms with van der Waals surface area (Å²) in [7, 11) is 1.99. The van der Waals surface area contributed by atoms with Gasteiger partial charge in [-0.1, -0.05) is 13.0 Å². The van der Waals surface area contributed by atoms with Crippen molar-refractivity contribution in [1.29, 1.82) is 0 Å². The lowest BCUT2D eigenvalue weighted by molar-refractivity contribution is 0.289. The van der Waals surface area contributed by atoms with Gasteiger partial charge in [0.25, 0.3) is 0 Å². The fraction of sp³-hybridized carbons (Fsp3) is 0.500. The van der Waals surface area contributed by atoms with Crippen LogP contribution in [0.4, 0.5) is 5.69 Å². The van der Waals surface area contributed by atoms with E-state index in [1.807, 2.05) is 13.1 Å². The van der Waals surface area contributed by atoms with Crippen LogP contribution in [0, 0.1) is 5.92 Å². The predicted molar refractivity (Wildman–Crippen MR) is 82.7 cm³/mol. The van der Waals surface area contributed by atoms with E-state index in [2.05, 4.69) is 49.7 Å². The van der Waals surface area contributed by atoms with Crippen LogP contribution in [0.2, 0.25) is 0 Å². The maximum atomic E-state index is 4.49. The fourth-order valence-corrected chi connectivity index (χ4v) is 3.23. The predicted octanol–water partition coefficient (Wildman–Crippen LogP) is 4.65. The van der Waals surface area contributed by atoms with Crippen LogP contribution >= 0.6 is 12.6 Å². The average molecular weight is 261 g/mol. The number of hydrogen-bond donors (Lipinski definition) is 2. The molecule has 0 amide bonds. The van der Waals surface area contributed by atoms with Crippen molar-refractivity contribution in [3.63, 3.8) is 0 Å². The maximum absolute atomic E-state index is 4.49. The molecule has 1 saturated carbocycles. The topological polar surface area (TPSA) is 12.0 Å². The number of hydrogen-bond acceptors (Lipinski definition) is 2. The van der Waals surface area contributed by atoms with Gasteiger partial charge in [0.15, 0.2) is 0 Å². The Morgan fingerprint density at radius 1 is 1.39 bits per heavy atom. The third-order valence-corrected chi connectivity index (χ3v) is 4.64. The van der Waals surface area contributed by atoms with Gasteiger partial charge in [0.05, 0.1) is 0 Å². The van der Waals surface area contributed by atoms with Crippen molar-refractivity contribution in [2.24, 2.45) is 5.92 Å². The van der Waals surface area contributed by atoms with Crippen molar-refractivity contribution in [3.8, 4) is 0 Å². The summed E-state index contributed by atoms with van der Waals surface area (Å²) in [5, 5.41) is 3.31. The maximum Gasteiger partial charge on any atom is 0.0379 e. The van der Waals surface area contributed by atoms with Crippen LogP contribution < -0.4 is 5.32 Å². The first-order valence-electron chi connectivity index (χ1n) is 6.76. The standard InChI is InChI=1S/C16H23NS/c1-4-16(9-7-12(2)8-10-16)14-11-13(18)5-6-15(14)17-3/h4-6,11-12,17-18H,1,7-10H2,2-3H3. The molecule has 0 atom stereocenters. The monoisotopic (exact) mass is 261 g/mol. The molecule has 1 nitrogen and oxygen atoms in total. The summed E-state index contributed by atoms with van der Waals surface area (Å²) in [4.78, 5) is 1.03. The number of nitrogens with one attached hydrogen (secondary N) is 1. The normalized spacial score (nSPS) is 27.8. The number of thiol groups is 1. The van der Waals surface area contributed by atoms with Crippen LogP contribution in [0.25, 0.3) is 0 Å². The van der Waals surface area contributed by atoms with Gasteiger partial charge in [0, 0.05) is 23.0 Å². The summed E-state index contributed by atoms with van der Waals surface area (Å²) in [6.45, 7) is 6.46. The molecule has 2 heteroatoms. The molecule has 1 aromatic carbocycles. The van der Waals surface area contributed by atoms with Crippen LogP contribution in [0.3, 0.4) is 0 Å². The molecule has 1 fully saturated rings. The molecule has 1 aliphatic rings. The van der Waals surface area contributed by atoms with E-state index in [1.165, 1.54) is 36.9 Å². The second-order valence-corrected chi connectivity index (χ2v) is 6.04. The number of allylic oxidation sites excluding steroid dienone is 1. The van der Waals surface area contributed by atoms with Gasteiger partial charge in [-0.3, -0.25) is 0 Å². The zero-order valence-corrected chi connectivity index (χ0v) is 12.3. The van der Waals surface area contributed by atoms with E-state index in [1.54, 1.807) is 0 Å². The molecular formula is C16H23NS. The van der Waals surface area contributed by atoms with Gasteiger partial charge < -0.3 is 5.32 Å². The third kappa shape index (κ3) is 2.44. The molecule has 1 aliphatic carbocycles. The lowest BCUT2D eigenvalue weighted by Gasteiger charge is -2.38. The zero-order chi connectivity index (χ0) is 13.2. The molecule has 0 bridgehead atoms. The van der Waals surface area contributed by atoms with Gasteiger partial charge in [0.2, 0.25) is 0 Å². The highest BCUT2D eigenvalue weighted by Crippen LogP contribution is 2.45. The Bertz CT molecular complexity index is 431. The quantitative estimate of drug-likeness (QED) is 0.596. The van der Waals surface area contributed by atoms with Crippen molar-refractivity contribution < 1.29 is 0 Å². The van der Waals surface area contributed by atoms with E-state index in [0.717, 1.165) is 10.8 Å². The molecule has 0 heterocycles. The minimum Gasteiger partial charge on any atom is -0.388 e. The van der Waals surface area contributed by atoms with Crippen molar-refractivity contribution >= 4 is 18.3 Å². The van der Waals surface area contributed by atoms with Gasteiger partial charge in [-0.2, -0.15) is 0 Å². The van der Waals surface area contributed by atoms with Crippen LogP contribution in [0.15, 0.2) is 35.7 Å². The van der Waals surface area contributed by atoms with E-state index in [9.17, 15) is 0 Å². The summed E-state index contributed by atoms with van der Waals surface area (Å²) in [5.74, 6) is 0.843. The van der Waals surface area contributed by atoms with Crippen LogP contribution in [0.5, 0.6) is 0 Å². The summed E-state index contributed by atoms with van der Waals surface area (Å²) < 4.78 is 0. The summed E-state index contributed by atoms with van der Waals surface area (Å²) >= 11 is 4.49. The average Bonchev–Trinajstić information content (AvgIpc) is 2.40. The first kappa shape index (κ1) is 13.5. The molecule has 98 valence electrons. The van der Waals surface area contributed by atoms with Crippen LogP contribution in [-0.4, -0.2) is 7.05 Å². The summed E-state index contributed by atoms with van der Waals surface area (Å²) in [6, 6.07) is 6.37. The van der Waals surface area contributed by atoms with Gasteiger partial charge in [0.1, 0.15) is 0 Å². The molecule has 18 heavy (non-hydrogen) atoms. The Morgan fingerprint density at radius 2 is 2.06 bits per heavy atom. The molecular weight excluding hydrogens is 238 g/mol. The Morgan fingerprint density at radius 3 is 2.61 bits per heavy atom. The van der Waals surface area contributed by atoms with Crippen molar-refractivity contribution in [2.45, 2.75) is 42.9 Å². The van der Waals surface area contributed by atoms with Gasteiger partial charge in [-0.25, -0.2) is 0 Å². The Balaban J connectivity index is 2.43. The fourth-order valence-electron chi connectivity index (χ4n) is 3.02. The smallest absolute Gasteiger partial charge is 0.0379 e. The molecule has 0 radical (unpaired) electrons. The first-order chi connectivity index (χ1) is 8.61. The van der Waals surface area contributed by atoms with E-state index in [0.29, 0.717) is 0 Å². The molecule has 2 rings (SSSR count). The van der Waals surface area contributed by atoms with E-state index >= 15 is 0 Å². The van der Waals surface area contributed by atoms with E-state index in [4.69, 9.17) is 0 Å². The van der Waals surface area contributed by atoms with Gasteiger partial charge in [-0.15, -0.1) is 19.2 Å². The van der Waals surface area contributed by atoms with Gasteiger partial charge in [-0.05, 0) is 55.4 Å². The molecule has 0 saturated heterocycles. The molecule has 1 N–H and O–H groups in total. The Kier molecular flexibility index (Phi) is 4.06. The lowest BCUT2D eigenvalue weighted by Crippen LogP contribution is -2.29. The summed E-state index contributed by atoms with van der Waals surface area (Å²) in [5.41, 5.74) is 2.70. The van der Waals surface area contributed by atoms with Crippen molar-refractivity contribution in [3.05, 3.63) is 36.4 Å². The van der Waals surface area contributed by atoms with E-state index < -0.39 is 0 Å². The highest BCUT2D eigenvalue weighted by atomic mass is 32.1. The second kappa shape index (κ2) is 5.40. The largest absolute Gasteiger partial charge is 0.388 e. The minimum absolute atomic E-state index is 0.129.